The van der Waals surface area contributed by atoms with E-state index in [-0.39, 0.29) is 6.10 Å². The zero-order valence-corrected chi connectivity index (χ0v) is 27.0. The molecular weight excluding hydrogens is 512 g/mol. The summed E-state index contributed by atoms with van der Waals surface area (Å²) in [7, 11) is 0. The number of rotatable bonds is 23. The van der Waals surface area contributed by atoms with Crippen LogP contribution in [-0.4, -0.2) is 13.2 Å². The largest absolute Gasteiger partial charge is 0.494 e. The van der Waals surface area contributed by atoms with Gasteiger partial charge in [0.25, 0.3) is 0 Å². The van der Waals surface area contributed by atoms with Gasteiger partial charge in [-0.15, -0.1) is 0 Å². The Bertz CT molecular complexity index is 1070. The molecule has 0 aliphatic carbocycles. The van der Waals surface area contributed by atoms with Gasteiger partial charge in [0.2, 0.25) is 0 Å². The average Bonchev–Trinajstić information content (AvgIpc) is 3.03. The molecule has 1 unspecified atom stereocenters. The van der Waals surface area contributed by atoms with E-state index in [2.05, 4.69) is 93.6 Å². The molecule has 0 radical (unpaired) electrons. The van der Waals surface area contributed by atoms with E-state index in [4.69, 9.17) is 9.47 Å². The lowest BCUT2D eigenvalue weighted by atomic mass is 9.94. The highest BCUT2D eigenvalue weighted by Gasteiger charge is 2.10. The second-order valence-corrected chi connectivity index (χ2v) is 12.0. The first kappa shape index (κ1) is 33.9. The van der Waals surface area contributed by atoms with Crippen molar-refractivity contribution in [1.82, 2.24) is 0 Å². The minimum Gasteiger partial charge on any atom is -0.494 e. The van der Waals surface area contributed by atoms with Crippen molar-refractivity contribution < 1.29 is 9.47 Å². The molecule has 0 N–H and O–H groups in total. The molecule has 0 saturated heterocycles. The summed E-state index contributed by atoms with van der Waals surface area (Å²) < 4.78 is 12.1. The molecule has 230 valence electrons. The molecule has 0 heterocycles. The van der Waals surface area contributed by atoms with Gasteiger partial charge < -0.3 is 9.47 Å². The number of ether oxygens (including phenoxy) is 2. The van der Waals surface area contributed by atoms with Gasteiger partial charge in [-0.05, 0) is 59.7 Å². The molecule has 0 aliphatic rings. The zero-order chi connectivity index (χ0) is 29.7. The highest BCUT2D eigenvalue weighted by atomic mass is 16.5. The molecule has 0 amide bonds. The predicted octanol–water partition coefficient (Wildman–Crippen LogP) is 12.8. The summed E-state index contributed by atoms with van der Waals surface area (Å²) in [6.45, 7) is 8.33. The zero-order valence-electron chi connectivity index (χ0n) is 27.0. The highest BCUT2D eigenvalue weighted by molar-refractivity contribution is 5.83. The first-order valence-electron chi connectivity index (χ1n) is 17.3. The van der Waals surface area contributed by atoms with Crippen LogP contribution < -0.4 is 4.74 Å². The summed E-state index contributed by atoms with van der Waals surface area (Å²) in [5, 5.41) is 0. The molecule has 3 aromatic rings. The number of unbranched alkanes of at least 4 members (excludes halogenated alkanes) is 14. The molecule has 0 spiro atoms. The highest BCUT2D eigenvalue weighted by Crippen LogP contribution is 2.33. The first-order chi connectivity index (χ1) is 20.7. The van der Waals surface area contributed by atoms with Crippen molar-refractivity contribution in [2.45, 2.75) is 130 Å². The van der Waals surface area contributed by atoms with Crippen LogP contribution in [0.2, 0.25) is 0 Å². The fourth-order valence-electron chi connectivity index (χ4n) is 5.67. The van der Waals surface area contributed by atoms with Crippen molar-refractivity contribution in [1.29, 1.82) is 0 Å². The van der Waals surface area contributed by atoms with E-state index in [0.29, 0.717) is 0 Å². The van der Waals surface area contributed by atoms with Crippen LogP contribution in [0, 0.1) is 0 Å². The summed E-state index contributed by atoms with van der Waals surface area (Å²) in [6.07, 6.45) is 21.6. The predicted molar refractivity (Wildman–Crippen MR) is 182 cm³/mol. The molecule has 0 fully saturated rings. The van der Waals surface area contributed by atoms with Crippen molar-refractivity contribution in [3.05, 3.63) is 78.4 Å². The molecule has 2 heteroatoms. The summed E-state index contributed by atoms with van der Waals surface area (Å²) >= 11 is 0. The molecule has 1 atom stereocenters. The maximum Gasteiger partial charge on any atom is 0.119 e. The van der Waals surface area contributed by atoms with E-state index in [1.54, 1.807) is 0 Å². The van der Waals surface area contributed by atoms with Gasteiger partial charge in [0, 0.05) is 6.61 Å². The Morgan fingerprint density at radius 3 is 1.43 bits per heavy atom. The molecule has 42 heavy (non-hydrogen) atoms. The third-order valence-electron chi connectivity index (χ3n) is 8.42. The smallest absolute Gasteiger partial charge is 0.119 e. The number of hydrogen-bond acceptors (Lipinski definition) is 2. The van der Waals surface area contributed by atoms with Crippen LogP contribution in [0.4, 0.5) is 0 Å². The van der Waals surface area contributed by atoms with Gasteiger partial charge in [-0.25, -0.2) is 0 Å². The summed E-state index contributed by atoms with van der Waals surface area (Å²) in [5.41, 5.74) is 6.19. The number of benzene rings is 3. The van der Waals surface area contributed by atoms with Gasteiger partial charge in [0.05, 0.1) is 12.7 Å². The quantitative estimate of drug-likeness (QED) is 0.106. The SMILES string of the molecule is CCCCCCCCCCCCCCCOC(C)c1ccc(-c2ccccc2-c2ccc(OCCCCC)cc2)cc1. The molecule has 3 aromatic carbocycles. The monoisotopic (exact) mass is 570 g/mol. The molecule has 0 aliphatic heterocycles. The van der Waals surface area contributed by atoms with Gasteiger partial charge in [0.15, 0.2) is 0 Å². The summed E-state index contributed by atoms with van der Waals surface area (Å²) in [6, 6.07) is 26.2. The second-order valence-electron chi connectivity index (χ2n) is 12.0. The molecule has 2 nitrogen and oxygen atoms in total. The van der Waals surface area contributed by atoms with Gasteiger partial charge in [0.1, 0.15) is 5.75 Å². The average molecular weight is 571 g/mol. The Morgan fingerprint density at radius 2 is 0.905 bits per heavy atom. The van der Waals surface area contributed by atoms with E-state index in [0.717, 1.165) is 31.8 Å². The molecular formula is C40H58O2. The fourth-order valence-corrected chi connectivity index (χ4v) is 5.67. The fraction of sp³-hybridized carbons (Fsp3) is 0.550. The third-order valence-corrected chi connectivity index (χ3v) is 8.42. The molecule has 0 bridgehead atoms. The minimum absolute atomic E-state index is 0.122. The Balaban J connectivity index is 1.36. The minimum atomic E-state index is 0.122. The van der Waals surface area contributed by atoms with E-state index in [1.165, 1.54) is 118 Å². The van der Waals surface area contributed by atoms with E-state index >= 15 is 0 Å². The lowest BCUT2D eigenvalue weighted by Gasteiger charge is -2.15. The van der Waals surface area contributed by atoms with Crippen LogP contribution in [0.25, 0.3) is 22.3 Å². The maximum absolute atomic E-state index is 6.21. The Labute approximate surface area is 258 Å². The molecule has 0 aromatic heterocycles. The standard InChI is InChI=1S/C40H58O2/c1-4-6-8-9-10-11-12-13-14-15-16-17-21-32-41-34(3)35-24-26-36(27-25-35)39-22-18-19-23-40(39)37-28-30-38(31-29-37)42-33-20-7-5-2/h18-19,22-31,34H,4-17,20-21,32-33H2,1-3H3. The van der Waals surface area contributed by atoms with Crippen LogP contribution in [0.15, 0.2) is 72.8 Å². The van der Waals surface area contributed by atoms with Gasteiger partial charge in [-0.2, -0.15) is 0 Å². The topological polar surface area (TPSA) is 18.5 Å². The van der Waals surface area contributed by atoms with E-state index < -0.39 is 0 Å². The van der Waals surface area contributed by atoms with Crippen LogP contribution in [-0.2, 0) is 4.74 Å². The second kappa shape index (κ2) is 21.2. The van der Waals surface area contributed by atoms with Gasteiger partial charge in [-0.1, -0.05) is 164 Å². The van der Waals surface area contributed by atoms with Crippen LogP contribution in [0.5, 0.6) is 5.75 Å². The van der Waals surface area contributed by atoms with Crippen molar-refractivity contribution in [3.8, 4) is 28.0 Å². The molecule has 0 saturated carbocycles. The van der Waals surface area contributed by atoms with E-state index in [9.17, 15) is 0 Å². The Hall–Kier alpha value is -2.58. The van der Waals surface area contributed by atoms with Crippen molar-refractivity contribution >= 4 is 0 Å². The normalized spacial score (nSPS) is 12.0. The Morgan fingerprint density at radius 1 is 0.476 bits per heavy atom. The lowest BCUT2D eigenvalue weighted by molar-refractivity contribution is 0.0627. The number of hydrogen-bond donors (Lipinski definition) is 0. The maximum atomic E-state index is 6.21. The van der Waals surface area contributed by atoms with Crippen molar-refractivity contribution in [2.24, 2.45) is 0 Å². The van der Waals surface area contributed by atoms with E-state index in [1.807, 2.05) is 0 Å². The van der Waals surface area contributed by atoms with Crippen LogP contribution in [0.1, 0.15) is 135 Å². The Kier molecular flexibility index (Phi) is 17.1. The lowest BCUT2D eigenvalue weighted by Crippen LogP contribution is -2.02. The molecule has 3 rings (SSSR count). The van der Waals surface area contributed by atoms with Gasteiger partial charge >= 0.3 is 0 Å². The van der Waals surface area contributed by atoms with Crippen molar-refractivity contribution in [3.63, 3.8) is 0 Å². The van der Waals surface area contributed by atoms with Crippen LogP contribution >= 0.6 is 0 Å². The van der Waals surface area contributed by atoms with Crippen LogP contribution in [0.3, 0.4) is 0 Å². The summed E-state index contributed by atoms with van der Waals surface area (Å²) in [4.78, 5) is 0. The summed E-state index contributed by atoms with van der Waals surface area (Å²) in [5.74, 6) is 0.949. The third kappa shape index (κ3) is 12.7. The van der Waals surface area contributed by atoms with Crippen molar-refractivity contribution in [2.75, 3.05) is 13.2 Å². The van der Waals surface area contributed by atoms with Gasteiger partial charge in [-0.3, -0.25) is 0 Å². The first-order valence-corrected chi connectivity index (χ1v) is 17.3.